The number of ether oxygens (including phenoxy) is 1. The van der Waals surface area contributed by atoms with Crippen LogP contribution < -0.4 is 5.32 Å². The highest BCUT2D eigenvalue weighted by Crippen LogP contribution is 1.77. The fourth-order valence-electron chi connectivity index (χ4n) is 0.584. The van der Waals surface area contributed by atoms with Crippen LogP contribution in [0.15, 0.2) is 12.7 Å². The van der Waals surface area contributed by atoms with Crippen LogP contribution in [0.5, 0.6) is 0 Å². The summed E-state index contributed by atoms with van der Waals surface area (Å²) in [5, 5.41) is 3.10. The number of hydrogen-bond acceptors (Lipinski definition) is 3. The molecule has 0 aliphatic rings. The number of carbonyl (C=O) groups is 1. The molecule has 3 heteroatoms. The lowest BCUT2D eigenvalue weighted by atomic mass is 10.5. The fourth-order valence-corrected chi connectivity index (χ4v) is 0.584. The van der Waals surface area contributed by atoms with Crippen LogP contribution in [0.25, 0.3) is 0 Å². The first kappa shape index (κ1) is 10.2. The Morgan fingerprint density at radius 3 is 2.91 bits per heavy atom. The number of esters is 1. The summed E-state index contributed by atoms with van der Waals surface area (Å²) in [5.74, 6) is -0.358. The Labute approximate surface area is 67.4 Å². The molecule has 3 nitrogen and oxygen atoms in total. The van der Waals surface area contributed by atoms with Crippen LogP contribution in [-0.4, -0.2) is 25.7 Å². The molecule has 0 radical (unpaired) electrons. The Bertz CT molecular complexity index is 123. The van der Waals surface area contributed by atoms with Crippen molar-refractivity contribution in [3.63, 3.8) is 0 Å². The molecule has 0 saturated carbocycles. The first-order valence-electron chi connectivity index (χ1n) is 3.81. The Morgan fingerprint density at radius 1 is 1.64 bits per heavy atom. The number of nitrogens with one attached hydrogen (secondary N) is 1. The van der Waals surface area contributed by atoms with E-state index < -0.39 is 0 Å². The SMILES string of the molecule is C=CC(=O)OCCNCCC. The molecule has 0 unspecified atom stereocenters. The van der Waals surface area contributed by atoms with E-state index in [1.807, 2.05) is 0 Å². The second kappa shape index (κ2) is 7.28. The standard InChI is InChI=1S/C8H15NO2/c1-3-5-9-6-7-11-8(10)4-2/h4,9H,2-3,5-7H2,1H3. The quantitative estimate of drug-likeness (QED) is 0.350. The zero-order valence-corrected chi connectivity index (χ0v) is 6.93. The predicted molar refractivity (Wildman–Crippen MR) is 44.3 cm³/mol. The molecule has 0 fully saturated rings. The van der Waals surface area contributed by atoms with Gasteiger partial charge in [0.25, 0.3) is 0 Å². The Kier molecular flexibility index (Phi) is 6.73. The minimum atomic E-state index is -0.358. The van der Waals surface area contributed by atoms with Crippen molar-refractivity contribution in [2.75, 3.05) is 19.7 Å². The fraction of sp³-hybridized carbons (Fsp3) is 0.625. The molecular formula is C8H15NO2. The molecular weight excluding hydrogens is 142 g/mol. The topological polar surface area (TPSA) is 38.3 Å². The molecule has 0 aliphatic heterocycles. The summed E-state index contributed by atoms with van der Waals surface area (Å²) in [5.41, 5.74) is 0. The number of rotatable bonds is 6. The highest BCUT2D eigenvalue weighted by Gasteiger charge is 1.92. The van der Waals surface area contributed by atoms with E-state index in [0.717, 1.165) is 13.0 Å². The molecule has 64 valence electrons. The molecule has 0 aromatic carbocycles. The van der Waals surface area contributed by atoms with Crippen molar-refractivity contribution in [2.45, 2.75) is 13.3 Å². The van der Waals surface area contributed by atoms with Gasteiger partial charge in [-0.25, -0.2) is 4.79 Å². The first-order valence-corrected chi connectivity index (χ1v) is 3.81. The largest absolute Gasteiger partial charge is 0.461 e. The van der Waals surface area contributed by atoms with Crippen LogP contribution in [0.4, 0.5) is 0 Å². The van der Waals surface area contributed by atoms with Gasteiger partial charge in [0, 0.05) is 12.6 Å². The van der Waals surface area contributed by atoms with E-state index in [1.165, 1.54) is 6.08 Å². The molecule has 0 heterocycles. The van der Waals surface area contributed by atoms with Crippen LogP contribution in [0, 0.1) is 0 Å². The molecule has 11 heavy (non-hydrogen) atoms. The summed E-state index contributed by atoms with van der Waals surface area (Å²) in [6.07, 6.45) is 2.26. The van der Waals surface area contributed by atoms with Crippen molar-refractivity contribution >= 4 is 5.97 Å². The van der Waals surface area contributed by atoms with Gasteiger partial charge < -0.3 is 10.1 Å². The van der Waals surface area contributed by atoms with Crippen molar-refractivity contribution in [3.8, 4) is 0 Å². The van der Waals surface area contributed by atoms with Gasteiger partial charge in [0.1, 0.15) is 6.61 Å². The van der Waals surface area contributed by atoms with Crippen molar-refractivity contribution in [3.05, 3.63) is 12.7 Å². The van der Waals surface area contributed by atoms with Crippen LogP contribution >= 0.6 is 0 Å². The highest BCUT2D eigenvalue weighted by atomic mass is 16.5. The maximum atomic E-state index is 10.5. The summed E-state index contributed by atoms with van der Waals surface area (Å²) in [6.45, 7) is 7.47. The van der Waals surface area contributed by atoms with Gasteiger partial charge in [-0.2, -0.15) is 0 Å². The van der Waals surface area contributed by atoms with Crippen molar-refractivity contribution in [1.82, 2.24) is 5.32 Å². The minimum absolute atomic E-state index is 0.358. The lowest BCUT2D eigenvalue weighted by molar-refractivity contribution is -0.137. The molecule has 0 aromatic heterocycles. The minimum Gasteiger partial charge on any atom is -0.461 e. The molecule has 0 saturated heterocycles. The third kappa shape index (κ3) is 7.06. The summed E-state index contributed by atoms with van der Waals surface area (Å²) >= 11 is 0. The van der Waals surface area contributed by atoms with Gasteiger partial charge in [-0.3, -0.25) is 0 Å². The van der Waals surface area contributed by atoms with E-state index in [9.17, 15) is 4.79 Å². The number of hydrogen-bond donors (Lipinski definition) is 1. The second-order valence-electron chi connectivity index (χ2n) is 2.12. The first-order chi connectivity index (χ1) is 5.31. The Balaban J connectivity index is 3.01. The van der Waals surface area contributed by atoms with Crippen molar-refractivity contribution < 1.29 is 9.53 Å². The van der Waals surface area contributed by atoms with Crippen molar-refractivity contribution in [1.29, 1.82) is 0 Å². The normalized spacial score (nSPS) is 9.18. The molecule has 0 rings (SSSR count). The van der Waals surface area contributed by atoms with Gasteiger partial charge >= 0.3 is 5.97 Å². The van der Waals surface area contributed by atoms with Gasteiger partial charge in [-0.1, -0.05) is 13.5 Å². The van der Waals surface area contributed by atoms with E-state index >= 15 is 0 Å². The molecule has 0 aliphatic carbocycles. The van der Waals surface area contributed by atoms with Crippen LogP contribution in [0.1, 0.15) is 13.3 Å². The van der Waals surface area contributed by atoms with Gasteiger partial charge in [-0.05, 0) is 13.0 Å². The molecule has 1 N–H and O–H groups in total. The summed E-state index contributed by atoms with van der Waals surface area (Å²) in [4.78, 5) is 10.5. The van der Waals surface area contributed by atoms with Crippen LogP contribution in [0.3, 0.4) is 0 Å². The molecule has 0 spiro atoms. The van der Waals surface area contributed by atoms with Gasteiger partial charge in [-0.15, -0.1) is 0 Å². The summed E-state index contributed by atoms with van der Waals surface area (Å²) in [7, 11) is 0. The van der Waals surface area contributed by atoms with Crippen LogP contribution in [-0.2, 0) is 9.53 Å². The van der Waals surface area contributed by atoms with E-state index in [2.05, 4.69) is 18.8 Å². The van der Waals surface area contributed by atoms with E-state index in [0.29, 0.717) is 13.2 Å². The molecule has 0 amide bonds. The summed E-state index contributed by atoms with van der Waals surface area (Å²) < 4.78 is 4.72. The average Bonchev–Trinajstić information content (AvgIpc) is 2.04. The van der Waals surface area contributed by atoms with E-state index in [1.54, 1.807) is 0 Å². The lowest BCUT2D eigenvalue weighted by Gasteiger charge is -2.02. The third-order valence-corrected chi connectivity index (χ3v) is 1.12. The van der Waals surface area contributed by atoms with Crippen LogP contribution in [0.2, 0.25) is 0 Å². The zero-order valence-electron chi connectivity index (χ0n) is 6.93. The molecule has 0 atom stereocenters. The predicted octanol–water partition coefficient (Wildman–Crippen LogP) is 0.715. The summed E-state index contributed by atoms with van der Waals surface area (Å²) in [6, 6.07) is 0. The van der Waals surface area contributed by atoms with Gasteiger partial charge in [0.15, 0.2) is 0 Å². The maximum Gasteiger partial charge on any atom is 0.330 e. The smallest absolute Gasteiger partial charge is 0.330 e. The van der Waals surface area contributed by atoms with Gasteiger partial charge in [0.05, 0.1) is 0 Å². The third-order valence-electron chi connectivity index (χ3n) is 1.12. The van der Waals surface area contributed by atoms with E-state index in [4.69, 9.17) is 4.74 Å². The van der Waals surface area contributed by atoms with Gasteiger partial charge in [0.2, 0.25) is 0 Å². The average molecular weight is 157 g/mol. The number of carbonyl (C=O) groups excluding carboxylic acids is 1. The second-order valence-corrected chi connectivity index (χ2v) is 2.12. The Morgan fingerprint density at radius 2 is 2.36 bits per heavy atom. The molecule has 0 bridgehead atoms. The highest BCUT2D eigenvalue weighted by molar-refractivity contribution is 5.81. The monoisotopic (exact) mass is 157 g/mol. The van der Waals surface area contributed by atoms with E-state index in [-0.39, 0.29) is 5.97 Å². The van der Waals surface area contributed by atoms with Crippen molar-refractivity contribution in [2.24, 2.45) is 0 Å². The lowest BCUT2D eigenvalue weighted by Crippen LogP contribution is -2.21. The maximum absolute atomic E-state index is 10.5. The zero-order chi connectivity index (χ0) is 8.53. The Hall–Kier alpha value is -0.830. The molecule has 0 aromatic rings.